The van der Waals surface area contributed by atoms with E-state index in [2.05, 4.69) is 5.32 Å². The largest absolute Gasteiger partial charge is 0.480 e. The molecule has 0 radical (unpaired) electrons. The number of nitrogens with zero attached hydrogens (tertiary/aromatic N) is 1. The molecular formula is C11H11ClN2O5. The molecule has 0 heterocycles. The molecule has 1 aromatic carbocycles. The van der Waals surface area contributed by atoms with E-state index in [1.54, 1.807) is 0 Å². The smallest absolute Gasteiger partial charge is 0.328 e. The number of halogens is 1. The van der Waals surface area contributed by atoms with Gasteiger partial charge in [0.15, 0.2) is 0 Å². The summed E-state index contributed by atoms with van der Waals surface area (Å²) in [5.41, 5.74) is -1.93. The van der Waals surface area contributed by atoms with Crippen molar-refractivity contribution < 1.29 is 19.6 Å². The Morgan fingerprint density at radius 2 is 2.00 bits per heavy atom. The van der Waals surface area contributed by atoms with Crippen molar-refractivity contribution in [3.63, 3.8) is 0 Å². The highest BCUT2D eigenvalue weighted by atomic mass is 35.5. The number of nitro groups is 1. The number of hydrogen-bond donors (Lipinski definition) is 2. The van der Waals surface area contributed by atoms with Gasteiger partial charge in [-0.1, -0.05) is 11.6 Å². The van der Waals surface area contributed by atoms with Gasteiger partial charge in [0.2, 0.25) is 0 Å². The Morgan fingerprint density at radius 1 is 1.42 bits per heavy atom. The number of nitro benzene ring substituents is 1. The van der Waals surface area contributed by atoms with E-state index in [-0.39, 0.29) is 10.6 Å². The quantitative estimate of drug-likeness (QED) is 0.648. The van der Waals surface area contributed by atoms with Crippen molar-refractivity contribution in [1.82, 2.24) is 5.32 Å². The first-order valence-electron chi connectivity index (χ1n) is 5.15. The van der Waals surface area contributed by atoms with Crippen molar-refractivity contribution in [1.29, 1.82) is 0 Å². The van der Waals surface area contributed by atoms with Crippen molar-refractivity contribution in [3.05, 3.63) is 38.9 Å². The van der Waals surface area contributed by atoms with Crippen LogP contribution in [0.3, 0.4) is 0 Å². The summed E-state index contributed by atoms with van der Waals surface area (Å²) < 4.78 is 0. The second-order valence-corrected chi connectivity index (χ2v) is 4.71. The summed E-state index contributed by atoms with van der Waals surface area (Å²) >= 11 is 5.61. The lowest BCUT2D eigenvalue weighted by Crippen LogP contribution is -2.49. The van der Waals surface area contributed by atoms with Crippen LogP contribution in [0.25, 0.3) is 0 Å². The van der Waals surface area contributed by atoms with Crippen LogP contribution in [0.15, 0.2) is 18.2 Å². The molecule has 1 rings (SSSR count). The summed E-state index contributed by atoms with van der Waals surface area (Å²) in [6.45, 7) is 2.61. The Bertz CT molecular complexity index is 556. The van der Waals surface area contributed by atoms with Gasteiger partial charge in [0, 0.05) is 11.6 Å². The molecule has 1 amide bonds. The summed E-state index contributed by atoms with van der Waals surface area (Å²) in [4.78, 5) is 32.6. The fraction of sp³-hybridized carbons (Fsp3) is 0.273. The molecular weight excluding hydrogens is 276 g/mol. The van der Waals surface area contributed by atoms with Crippen molar-refractivity contribution >= 4 is 29.2 Å². The van der Waals surface area contributed by atoms with Gasteiger partial charge in [-0.15, -0.1) is 0 Å². The maximum absolute atomic E-state index is 11.8. The molecule has 19 heavy (non-hydrogen) atoms. The van der Waals surface area contributed by atoms with Crippen molar-refractivity contribution in [2.75, 3.05) is 0 Å². The molecule has 0 aliphatic heterocycles. The number of carbonyl (C=O) groups excluding carboxylic acids is 1. The highest BCUT2D eigenvalue weighted by molar-refractivity contribution is 6.32. The molecule has 1 aromatic rings. The van der Waals surface area contributed by atoms with Crippen LogP contribution in [0.1, 0.15) is 24.2 Å². The zero-order chi connectivity index (χ0) is 14.8. The topological polar surface area (TPSA) is 110 Å². The van der Waals surface area contributed by atoms with E-state index in [9.17, 15) is 19.7 Å². The highest BCUT2D eigenvalue weighted by Crippen LogP contribution is 2.25. The van der Waals surface area contributed by atoms with E-state index < -0.39 is 28.0 Å². The number of carboxylic acids is 1. The van der Waals surface area contributed by atoms with E-state index in [0.717, 1.165) is 6.07 Å². The number of amides is 1. The van der Waals surface area contributed by atoms with Gasteiger partial charge < -0.3 is 10.4 Å². The van der Waals surface area contributed by atoms with Gasteiger partial charge in [0.25, 0.3) is 11.6 Å². The number of rotatable bonds is 4. The number of aliphatic carboxylic acids is 1. The molecule has 0 spiro atoms. The van der Waals surface area contributed by atoms with E-state index in [1.165, 1.54) is 26.0 Å². The molecule has 0 aliphatic carbocycles. The Morgan fingerprint density at radius 3 is 2.47 bits per heavy atom. The van der Waals surface area contributed by atoms with E-state index in [4.69, 9.17) is 16.7 Å². The standard InChI is InChI=1S/C11H11ClN2O5/c1-11(2,10(16)17)13-9(15)6-3-4-7(12)8(5-6)14(18)19/h3-5H,1-2H3,(H,13,15)(H,16,17). The fourth-order valence-electron chi connectivity index (χ4n) is 1.20. The second-order valence-electron chi connectivity index (χ2n) is 4.31. The summed E-state index contributed by atoms with van der Waals surface area (Å²) in [6, 6.07) is 3.49. The van der Waals surface area contributed by atoms with Crippen LogP contribution in [0.5, 0.6) is 0 Å². The summed E-state index contributed by atoms with van der Waals surface area (Å²) in [5, 5.41) is 21.7. The van der Waals surface area contributed by atoms with Crippen LogP contribution in [-0.2, 0) is 4.79 Å². The van der Waals surface area contributed by atoms with Gasteiger partial charge in [-0.3, -0.25) is 14.9 Å². The maximum Gasteiger partial charge on any atom is 0.328 e. The summed E-state index contributed by atoms with van der Waals surface area (Å²) in [5.74, 6) is -1.95. The third kappa shape index (κ3) is 3.41. The van der Waals surface area contributed by atoms with Gasteiger partial charge >= 0.3 is 5.97 Å². The third-order valence-electron chi connectivity index (χ3n) is 2.37. The van der Waals surface area contributed by atoms with Crippen LogP contribution >= 0.6 is 11.6 Å². The molecule has 0 unspecified atom stereocenters. The molecule has 2 N–H and O–H groups in total. The first-order valence-corrected chi connectivity index (χ1v) is 5.53. The van der Waals surface area contributed by atoms with E-state index in [1.807, 2.05) is 0 Å². The number of carbonyl (C=O) groups is 2. The molecule has 7 nitrogen and oxygen atoms in total. The van der Waals surface area contributed by atoms with Gasteiger partial charge in [-0.25, -0.2) is 4.79 Å². The normalized spacial score (nSPS) is 10.9. The molecule has 0 saturated carbocycles. The Hall–Kier alpha value is -2.15. The lowest BCUT2D eigenvalue weighted by atomic mass is 10.1. The van der Waals surface area contributed by atoms with Crippen molar-refractivity contribution in [2.45, 2.75) is 19.4 Å². The SMILES string of the molecule is CC(C)(NC(=O)c1ccc(Cl)c([N+](=O)[O-])c1)C(=O)O. The highest BCUT2D eigenvalue weighted by Gasteiger charge is 2.29. The lowest BCUT2D eigenvalue weighted by molar-refractivity contribution is -0.384. The van der Waals surface area contributed by atoms with Gasteiger partial charge in [-0.05, 0) is 26.0 Å². The molecule has 0 atom stereocenters. The molecule has 0 saturated heterocycles. The molecule has 8 heteroatoms. The van der Waals surface area contributed by atoms with Crippen LogP contribution in [0.4, 0.5) is 5.69 Å². The first-order chi connectivity index (χ1) is 8.65. The first kappa shape index (κ1) is 14.9. The van der Waals surface area contributed by atoms with E-state index in [0.29, 0.717) is 0 Å². The number of carboxylic acid groups (broad SMARTS) is 1. The Kier molecular flexibility index (Phi) is 4.10. The van der Waals surface area contributed by atoms with E-state index >= 15 is 0 Å². The van der Waals surface area contributed by atoms with Crippen LogP contribution in [0.2, 0.25) is 5.02 Å². The predicted molar refractivity (Wildman–Crippen MR) is 67.3 cm³/mol. The van der Waals surface area contributed by atoms with Crippen molar-refractivity contribution in [2.24, 2.45) is 0 Å². The average molecular weight is 287 g/mol. The summed E-state index contributed by atoms with van der Waals surface area (Å²) in [6.07, 6.45) is 0. The predicted octanol–water partition coefficient (Wildman–Crippen LogP) is 1.84. The van der Waals surface area contributed by atoms with Gasteiger partial charge in [-0.2, -0.15) is 0 Å². The zero-order valence-electron chi connectivity index (χ0n) is 10.1. The molecule has 0 fully saturated rings. The van der Waals surface area contributed by atoms with Crippen LogP contribution in [0, 0.1) is 10.1 Å². The summed E-state index contributed by atoms with van der Waals surface area (Å²) in [7, 11) is 0. The third-order valence-corrected chi connectivity index (χ3v) is 2.69. The Balaban J connectivity index is 3.05. The number of nitrogens with one attached hydrogen (secondary N) is 1. The molecule has 0 aromatic heterocycles. The maximum atomic E-state index is 11.8. The lowest BCUT2D eigenvalue weighted by Gasteiger charge is -2.20. The minimum absolute atomic E-state index is 0.0366. The molecule has 0 aliphatic rings. The minimum atomic E-state index is -1.48. The second kappa shape index (κ2) is 5.23. The van der Waals surface area contributed by atoms with Gasteiger partial charge in [0.1, 0.15) is 10.6 Å². The Labute approximate surface area is 113 Å². The average Bonchev–Trinajstić information content (AvgIpc) is 2.28. The van der Waals surface area contributed by atoms with Gasteiger partial charge in [0.05, 0.1) is 4.92 Å². The molecule has 0 bridgehead atoms. The van der Waals surface area contributed by atoms with Crippen LogP contribution < -0.4 is 5.32 Å². The number of benzene rings is 1. The fourth-order valence-corrected chi connectivity index (χ4v) is 1.39. The zero-order valence-corrected chi connectivity index (χ0v) is 10.9. The van der Waals surface area contributed by atoms with Crippen molar-refractivity contribution in [3.8, 4) is 0 Å². The monoisotopic (exact) mass is 286 g/mol. The minimum Gasteiger partial charge on any atom is -0.480 e. The molecule has 102 valence electrons. The van der Waals surface area contributed by atoms with Crippen LogP contribution in [-0.4, -0.2) is 27.4 Å². The number of hydrogen-bond acceptors (Lipinski definition) is 4.